The van der Waals surface area contributed by atoms with Gasteiger partial charge in [0.2, 0.25) is 11.7 Å². The number of nitrogens with zero attached hydrogens (tertiary/aromatic N) is 2. The largest absolute Gasteiger partial charge is 0.490 e. The van der Waals surface area contributed by atoms with Crippen LogP contribution < -0.4 is 10.1 Å². The smallest absolute Gasteiger partial charge is 0.231 e. The minimum atomic E-state index is 0.212. The van der Waals surface area contributed by atoms with Crippen LogP contribution in [0, 0.1) is 13.8 Å². The Bertz CT molecular complexity index is 667. The summed E-state index contributed by atoms with van der Waals surface area (Å²) in [6, 6.07) is 4.16. The van der Waals surface area contributed by atoms with E-state index in [1.54, 1.807) is 0 Å². The Hall–Kier alpha value is -1.88. The van der Waals surface area contributed by atoms with Gasteiger partial charge in [-0.25, -0.2) is 0 Å². The lowest BCUT2D eigenvalue weighted by Gasteiger charge is -2.18. The van der Waals surface area contributed by atoms with E-state index in [-0.39, 0.29) is 6.10 Å². The molecule has 2 aromatic rings. The van der Waals surface area contributed by atoms with Crippen LogP contribution in [0.5, 0.6) is 5.75 Å². The molecule has 2 atom stereocenters. The summed E-state index contributed by atoms with van der Waals surface area (Å²) in [5, 5.41) is 7.58. The molecule has 0 saturated carbocycles. The van der Waals surface area contributed by atoms with E-state index in [9.17, 15) is 0 Å². The molecular formula is C19H27N3O2. The first-order valence-electron chi connectivity index (χ1n) is 8.91. The molecule has 0 radical (unpaired) electrons. The summed E-state index contributed by atoms with van der Waals surface area (Å²) >= 11 is 0. The van der Waals surface area contributed by atoms with Gasteiger partial charge >= 0.3 is 0 Å². The minimum absolute atomic E-state index is 0.212. The van der Waals surface area contributed by atoms with Crippen molar-refractivity contribution in [2.24, 2.45) is 0 Å². The van der Waals surface area contributed by atoms with Gasteiger partial charge in [0.05, 0.1) is 12.0 Å². The Morgan fingerprint density at radius 2 is 2.08 bits per heavy atom. The molecule has 1 N–H and O–H groups in total. The maximum absolute atomic E-state index is 6.04. The Kier molecular flexibility index (Phi) is 5.19. The highest BCUT2D eigenvalue weighted by atomic mass is 16.5. The molecular weight excluding hydrogens is 302 g/mol. The molecule has 0 amide bonds. The van der Waals surface area contributed by atoms with Crippen molar-refractivity contribution in [1.82, 2.24) is 15.5 Å². The molecule has 3 rings (SSSR count). The van der Waals surface area contributed by atoms with Crippen LogP contribution in [0.3, 0.4) is 0 Å². The molecule has 1 aromatic carbocycles. The van der Waals surface area contributed by atoms with Gasteiger partial charge < -0.3 is 14.6 Å². The Morgan fingerprint density at radius 1 is 1.33 bits per heavy atom. The monoisotopic (exact) mass is 329 g/mol. The summed E-state index contributed by atoms with van der Waals surface area (Å²) < 4.78 is 11.6. The first-order valence-corrected chi connectivity index (χ1v) is 8.91. The topological polar surface area (TPSA) is 60.2 Å². The number of hydrogen-bond acceptors (Lipinski definition) is 5. The number of rotatable bonds is 5. The van der Waals surface area contributed by atoms with Crippen molar-refractivity contribution >= 4 is 0 Å². The van der Waals surface area contributed by atoms with E-state index in [0.29, 0.717) is 11.7 Å². The number of hydrogen-bond donors (Lipinski definition) is 1. The lowest BCUT2D eigenvalue weighted by molar-refractivity contribution is 0.214. The molecule has 0 aliphatic carbocycles. The van der Waals surface area contributed by atoms with E-state index in [0.717, 1.165) is 60.7 Å². The van der Waals surface area contributed by atoms with E-state index in [4.69, 9.17) is 9.26 Å². The molecule has 5 heteroatoms. The lowest BCUT2D eigenvalue weighted by Crippen LogP contribution is -2.28. The Labute approximate surface area is 143 Å². The molecule has 24 heavy (non-hydrogen) atoms. The average molecular weight is 329 g/mol. The van der Waals surface area contributed by atoms with Gasteiger partial charge in [0, 0.05) is 12.1 Å². The SMILES string of the molecule is CC[C@@H](C)Oc1c(C)cc(-c2noc([C@@H]3CCCNC3)n2)cc1C. The predicted octanol–water partition coefficient (Wildman–Crippen LogP) is 4.00. The second-order valence-electron chi connectivity index (χ2n) is 6.78. The fraction of sp³-hybridized carbons (Fsp3) is 0.579. The number of benzene rings is 1. The second kappa shape index (κ2) is 7.34. The molecule has 0 spiro atoms. The van der Waals surface area contributed by atoms with Crippen LogP contribution in [-0.4, -0.2) is 29.3 Å². The van der Waals surface area contributed by atoms with E-state index in [1.807, 2.05) is 0 Å². The van der Waals surface area contributed by atoms with Crippen molar-refractivity contribution in [3.63, 3.8) is 0 Å². The third-order valence-corrected chi connectivity index (χ3v) is 4.70. The summed E-state index contributed by atoms with van der Waals surface area (Å²) in [6.45, 7) is 10.4. The summed E-state index contributed by atoms with van der Waals surface area (Å²) in [4.78, 5) is 4.63. The molecule has 2 heterocycles. The number of piperidine rings is 1. The summed E-state index contributed by atoms with van der Waals surface area (Å²) in [7, 11) is 0. The summed E-state index contributed by atoms with van der Waals surface area (Å²) in [6.07, 6.45) is 3.46. The Balaban J connectivity index is 1.83. The van der Waals surface area contributed by atoms with Crippen LogP contribution in [0.2, 0.25) is 0 Å². The van der Waals surface area contributed by atoms with Crippen LogP contribution in [0.25, 0.3) is 11.4 Å². The first-order chi connectivity index (χ1) is 11.6. The zero-order valence-electron chi connectivity index (χ0n) is 15.1. The van der Waals surface area contributed by atoms with Crippen LogP contribution >= 0.6 is 0 Å². The third kappa shape index (κ3) is 3.61. The van der Waals surface area contributed by atoms with Gasteiger partial charge in [-0.05, 0) is 69.8 Å². The van der Waals surface area contributed by atoms with Gasteiger partial charge in [0.15, 0.2) is 0 Å². The molecule has 1 aliphatic heterocycles. The van der Waals surface area contributed by atoms with Gasteiger partial charge in [-0.3, -0.25) is 0 Å². The number of nitrogens with one attached hydrogen (secondary N) is 1. The molecule has 1 aromatic heterocycles. The fourth-order valence-corrected chi connectivity index (χ4v) is 3.13. The van der Waals surface area contributed by atoms with E-state index in [1.165, 1.54) is 0 Å². The summed E-state index contributed by atoms with van der Waals surface area (Å²) in [5.41, 5.74) is 3.20. The molecule has 1 fully saturated rings. The maximum Gasteiger partial charge on any atom is 0.231 e. The maximum atomic E-state index is 6.04. The van der Waals surface area contributed by atoms with Crippen LogP contribution in [-0.2, 0) is 0 Å². The van der Waals surface area contributed by atoms with Gasteiger partial charge in [0.25, 0.3) is 0 Å². The zero-order valence-corrected chi connectivity index (χ0v) is 15.1. The van der Waals surface area contributed by atoms with E-state index < -0.39 is 0 Å². The van der Waals surface area contributed by atoms with Crippen LogP contribution in [0.15, 0.2) is 16.7 Å². The minimum Gasteiger partial charge on any atom is -0.490 e. The molecule has 0 bridgehead atoms. The molecule has 130 valence electrons. The van der Waals surface area contributed by atoms with Crippen molar-refractivity contribution in [3.8, 4) is 17.1 Å². The number of aryl methyl sites for hydroxylation is 2. The van der Waals surface area contributed by atoms with Gasteiger partial charge in [-0.1, -0.05) is 12.1 Å². The predicted molar refractivity (Wildman–Crippen MR) is 94.4 cm³/mol. The number of ether oxygens (including phenoxy) is 1. The molecule has 0 unspecified atom stereocenters. The van der Waals surface area contributed by atoms with Crippen molar-refractivity contribution in [2.45, 2.75) is 59.0 Å². The quantitative estimate of drug-likeness (QED) is 0.898. The van der Waals surface area contributed by atoms with Gasteiger partial charge in [-0.15, -0.1) is 0 Å². The van der Waals surface area contributed by atoms with Crippen molar-refractivity contribution in [3.05, 3.63) is 29.2 Å². The number of aromatic nitrogens is 2. The third-order valence-electron chi connectivity index (χ3n) is 4.70. The normalized spacial score (nSPS) is 19.2. The van der Waals surface area contributed by atoms with Crippen molar-refractivity contribution < 1.29 is 9.26 Å². The van der Waals surface area contributed by atoms with E-state index >= 15 is 0 Å². The van der Waals surface area contributed by atoms with Crippen LogP contribution in [0.1, 0.15) is 56.0 Å². The second-order valence-corrected chi connectivity index (χ2v) is 6.78. The molecule has 5 nitrogen and oxygen atoms in total. The van der Waals surface area contributed by atoms with Crippen molar-refractivity contribution in [1.29, 1.82) is 0 Å². The fourth-order valence-electron chi connectivity index (χ4n) is 3.13. The lowest BCUT2D eigenvalue weighted by atomic mass is 10.00. The molecule has 1 saturated heterocycles. The highest BCUT2D eigenvalue weighted by molar-refractivity contribution is 5.61. The summed E-state index contributed by atoms with van der Waals surface area (Å²) in [5.74, 6) is 2.70. The Morgan fingerprint density at radius 3 is 2.71 bits per heavy atom. The van der Waals surface area contributed by atoms with Crippen molar-refractivity contribution in [2.75, 3.05) is 13.1 Å². The zero-order chi connectivity index (χ0) is 17.1. The average Bonchev–Trinajstić information content (AvgIpc) is 3.08. The standard InChI is InChI=1S/C19H27N3O2/c1-5-14(4)23-17-12(2)9-16(10-13(17)3)18-21-19(24-22-18)15-7-6-8-20-11-15/h9-10,14-15,20H,5-8,11H2,1-4H3/t14-,15-/m1/s1. The van der Waals surface area contributed by atoms with Gasteiger partial charge in [0.1, 0.15) is 5.75 Å². The highest BCUT2D eigenvalue weighted by Crippen LogP contribution is 2.31. The van der Waals surface area contributed by atoms with Gasteiger partial charge in [-0.2, -0.15) is 4.98 Å². The molecule has 1 aliphatic rings. The van der Waals surface area contributed by atoms with Crippen LogP contribution in [0.4, 0.5) is 0 Å². The highest BCUT2D eigenvalue weighted by Gasteiger charge is 2.22. The first kappa shape index (κ1) is 17.0. The van der Waals surface area contributed by atoms with E-state index in [2.05, 4.69) is 55.3 Å².